The van der Waals surface area contributed by atoms with Gasteiger partial charge in [-0.25, -0.2) is 0 Å². The van der Waals surface area contributed by atoms with Gasteiger partial charge in [-0.1, -0.05) is 12.1 Å². The van der Waals surface area contributed by atoms with Gasteiger partial charge in [0.05, 0.1) is 11.9 Å². The molecule has 4 nitrogen and oxygen atoms in total. The molecular formula is C11H10BrN3O. The van der Waals surface area contributed by atoms with Gasteiger partial charge in [-0.15, -0.1) is 0 Å². The van der Waals surface area contributed by atoms with Crippen molar-refractivity contribution < 1.29 is 4.79 Å². The van der Waals surface area contributed by atoms with E-state index in [4.69, 9.17) is 0 Å². The molecule has 0 spiro atoms. The second-order valence-corrected chi connectivity index (χ2v) is 4.22. The van der Waals surface area contributed by atoms with Crippen LogP contribution in [0.15, 0.2) is 34.9 Å². The van der Waals surface area contributed by atoms with Crippen molar-refractivity contribution in [2.24, 2.45) is 0 Å². The molecule has 0 radical (unpaired) electrons. The van der Waals surface area contributed by atoms with Crippen LogP contribution in [-0.4, -0.2) is 16.1 Å². The zero-order valence-corrected chi connectivity index (χ0v) is 10.2. The van der Waals surface area contributed by atoms with Crippen LogP contribution in [0.3, 0.4) is 0 Å². The van der Waals surface area contributed by atoms with Crippen LogP contribution in [0.5, 0.6) is 0 Å². The number of aromatic amines is 1. The van der Waals surface area contributed by atoms with Crippen LogP contribution >= 0.6 is 15.9 Å². The van der Waals surface area contributed by atoms with E-state index in [2.05, 4.69) is 31.4 Å². The van der Waals surface area contributed by atoms with Gasteiger partial charge in [0, 0.05) is 4.47 Å². The van der Waals surface area contributed by atoms with Crippen molar-refractivity contribution in [3.05, 3.63) is 46.2 Å². The van der Waals surface area contributed by atoms with Crippen molar-refractivity contribution in [3.63, 3.8) is 0 Å². The third-order valence-corrected chi connectivity index (χ3v) is 2.87. The molecule has 1 amide bonds. The van der Waals surface area contributed by atoms with E-state index in [1.807, 2.05) is 31.2 Å². The minimum Gasteiger partial charge on any atom is -0.320 e. The molecule has 0 atom stereocenters. The largest absolute Gasteiger partial charge is 0.320 e. The van der Waals surface area contributed by atoms with E-state index in [0.29, 0.717) is 5.69 Å². The topological polar surface area (TPSA) is 57.8 Å². The highest BCUT2D eigenvalue weighted by molar-refractivity contribution is 9.10. The number of hydrogen-bond donors (Lipinski definition) is 2. The molecule has 2 rings (SSSR count). The number of hydrogen-bond acceptors (Lipinski definition) is 2. The first kappa shape index (κ1) is 10.9. The molecule has 0 unspecified atom stereocenters. The average molecular weight is 280 g/mol. The number of nitrogens with zero attached hydrogens (tertiary/aromatic N) is 1. The SMILES string of the molecule is Cc1cn[nH]c1C(=O)Nc1ccccc1Br. The lowest BCUT2D eigenvalue weighted by Crippen LogP contribution is -2.13. The van der Waals surface area contributed by atoms with Crippen LogP contribution in [0.2, 0.25) is 0 Å². The number of carbonyl (C=O) groups excluding carboxylic acids is 1. The lowest BCUT2D eigenvalue weighted by molar-refractivity contribution is 0.102. The molecule has 1 aromatic carbocycles. The summed E-state index contributed by atoms with van der Waals surface area (Å²) in [5.74, 6) is -0.193. The number of anilines is 1. The molecule has 0 fully saturated rings. The number of amides is 1. The van der Waals surface area contributed by atoms with Gasteiger partial charge in [0.15, 0.2) is 0 Å². The molecule has 1 heterocycles. The molecule has 0 saturated carbocycles. The summed E-state index contributed by atoms with van der Waals surface area (Å²) in [5.41, 5.74) is 2.04. The van der Waals surface area contributed by atoms with Gasteiger partial charge in [0.25, 0.3) is 5.91 Å². The highest BCUT2D eigenvalue weighted by atomic mass is 79.9. The number of para-hydroxylation sites is 1. The van der Waals surface area contributed by atoms with Crippen LogP contribution in [0, 0.1) is 6.92 Å². The molecule has 0 bridgehead atoms. The van der Waals surface area contributed by atoms with Crippen LogP contribution < -0.4 is 5.32 Å². The van der Waals surface area contributed by atoms with E-state index in [1.165, 1.54) is 0 Å². The van der Waals surface area contributed by atoms with Crippen LogP contribution in [0.25, 0.3) is 0 Å². The summed E-state index contributed by atoms with van der Waals surface area (Å²) in [6, 6.07) is 7.45. The van der Waals surface area contributed by atoms with Crippen molar-refractivity contribution >= 4 is 27.5 Å². The summed E-state index contributed by atoms with van der Waals surface area (Å²) in [7, 11) is 0. The van der Waals surface area contributed by atoms with Gasteiger partial charge < -0.3 is 5.32 Å². The fourth-order valence-corrected chi connectivity index (χ4v) is 1.71. The second kappa shape index (κ2) is 4.49. The van der Waals surface area contributed by atoms with E-state index >= 15 is 0 Å². The van der Waals surface area contributed by atoms with E-state index in [9.17, 15) is 4.79 Å². The Balaban J connectivity index is 2.21. The highest BCUT2D eigenvalue weighted by Crippen LogP contribution is 2.21. The number of nitrogens with one attached hydrogen (secondary N) is 2. The van der Waals surface area contributed by atoms with Gasteiger partial charge in [0.2, 0.25) is 0 Å². The molecule has 2 N–H and O–H groups in total. The Bertz CT molecular complexity index is 521. The summed E-state index contributed by atoms with van der Waals surface area (Å²) in [6.45, 7) is 1.83. The fraction of sp³-hybridized carbons (Fsp3) is 0.0909. The van der Waals surface area contributed by atoms with Gasteiger partial charge in [-0.2, -0.15) is 5.10 Å². The Labute approximate surface area is 101 Å². The fourth-order valence-electron chi connectivity index (χ4n) is 1.32. The zero-order chi connectivity index (χ0) is 11.5. The predicted molar refractivity (Wildman–Crippen MR) is 65.4 cm³/mol. The number of benzene rings is 1. The quantitative estimate of drug-likeness (QED) is 0.888. The Hall–Kier alpha value is -1.62. The molecule has 0 saturated heterocycles. The van der Waals surface area contributed by atoms with Gasteiger partial charge in [-0.05, 0) is 40.5 Å². The third-order valence-electron chi connectivity index (χ3n) is 2.18. The van der Waals surface area contributed by atoms with Crippen LogP contribution in [0.1, 0.15) is 16.1 Å². The lowest BCUT2D eigenvalue weighted by atomic mass is 10.2. The van der Waals surface area contributed by atoms with Gasteiger partial charge in [-0.3, -0.25) is 9.89 Å². The first-order valence-electron chi connectivity index (χ1n) is 4.74. The van der Waals surface area contributed by atoms with Crippen molar-refractivity contribution in [1.29, 1.82) is 0 Å². The summed E-state index contributed by atoms with van der Waals surface area (Å²) >= 11 is 3.37. The molecule has 0 aliphatic carbocycles. The first-order valence-corrected chi connectivity index (χ1v) is 5.53. The van der Waals surface area contributed by atoms with E-state index in [-0.39, 0.29) is 5.91 Å². The number of rotatable bonds is 2. The Morgan fingerprint density at radius 3 is 2.81 bits per heavy atom. The number of H-pyrrole nitrogens is 1. The van der Waals surface area contributed by atoms with Gasteiger partial charge in [0.1, 0.15) is 5.69 Å². The molecule has 0 aliphatic rings. The number of aromatic nitrogens is 2. The summed E-state index contributed by atoms with van der Waals surface area (Å²) in [4.78, 5) is 11.8. The maximum Gasteiger partial charge on any atom is 0.273 e. The summed E-state index contributed by atoms with van der Waals surface area (Å²) in [5, 5.41) is 9.27. The van der Waals surface area contributed by atoms with Crippen molar-refractivity contribution in [1.82, 2.24) is 10.2 Å². The van der Waals surface area contributed by atoms with Crippen molar-refractivity contribution in [2.75, 3.05) is 5.32 Å². The minimum absolute atomic E-state index is 0.193. The van der Waals surface area contributed by atoms with Crippen LogP contribution in [0.4, 0.5) is 5.69 Å². The summed E-state index contributed by atoms with van der Waals surface area (Å²) in [6.07, 6.45) is 1.62. The van der Waals surface area contributed by atoms with E-state index in [1.54, 1.807) is 6.20 Å². The Morgan fingerprint density at radius 1 is 1.44 bits per heavy atom. The smallest absolute Gasteiger partial charge is 0.273 e. The Kier molecular flexibility index (Phi) is 3.05. The number of halogens is 1. The number of carbonyl (C=O) groups is 1. The molecule has 0 aliphatic heterocycles. The Morgan fingerprint density at radius 2 is 2.19 bits per heavy atom. The molecular weight excluding hydrogens is 270 g/mol. The molecule has 1 aromatic heterocycles. The van der Waals surface area contributed by atoms with Crippen LogP contribution in [-0.2, 0) is 0 Å². The highest BCUT2D eigenvalue weighted by Gasteiger charge is 2.11. The summed E-state index contributed by atoms with van der Waals surface area (Å²) < 4.78 is 0.848. The predicted octanol–water partition coefficient (Wildman–Crippen LogP) is 2.73. The normalized spacial score (nSPS) is 10.1. The second-order valence-electron chi connectivity index (χ2n) is 3.36. The minimum atomic E-state index is -0.193. The third kappa shape index (κ3) is 2.14. The maximum atomic E-state index is 11.8. The van der Waals surface area contributed by atoms with E-state index in [0.717, 1.165) is 15.7 Å². The molecule has 82 valence electrons. The maximum absolute atomic E-state index is 11.8. The monoisotopic (exact) mass is 279 g/mol. The molecule has 2 aromatic rings. The average Bonchev–Trinajstić information content (AvgIpc) is 2.68. The van der Waals surface area contributed by atoms with E-state index < -0.39 is 0 Å². The van der Waals surface area contributed by atoms with Gasteiger partial charge >= 0.3 is 0 Å². The number of aryl methyl sites for hydroxylation is 1. The lowest BCUT2D eigenvalue weighted by Gasteiger charge is -2.05. The zero-order valence-electron chi connectivity index (χ0n) is 8.62. The van der Waals surface area contributed by atoms with Crippen molar-refractivity contribution in [2.45, 2.75) is 6.92 Å². The first-order chi connectivity index (χ1) is 7.68. The van der Waals surface area contributed by atoms with Crippen molar-refractivity contribution in [3.8, 4) is 0 Å². The standard InChI is InChI=1S/C11H10BrN3O/c1-7-6-13-15-10(7)11(16)14-9-5-3-2-4-8(9)12/h2-6H,1H3,(H,13,15)(H,14,16). The molecule has 5 heteroatoms. The molecule has 16 heavy (non-hydrogen) atoms.